The van der Waals surface area contributed by atoms with Crippen LogP contribution in [-0.2, 0) is 23.9 Å². The second-order valence-electron chi connectivity index (χ2n) is 5.62. The molecule has 0 spiro atoms. The standard InChI is InChI=1S/C15H24O5Si/c1-6-19-13(17)15(10-11-16,14(18)20-7-2)9-8-12-21(3,4)5/h11H,6-7,9-10H2,1-5H3. The Hall–Kier alpha value is -1.61. The molecule has 0 aliphatic carbocycles. The molecule has 0 unspecified atom stereocenters. The fourth-order valence-electron chi connectivity index (χ4n) is 1.61. The van der Waals surface area contributed by atoms with Crippen molar-refractivity contribution in [3.8, 4) is 11.5 Å². The predicted octanol–water partition coefficient (Wildman–Crippen LogP) is 1.96. The summed E-state index contributed by atoms with van der Waals surface area (Å²) in [5.41, 5.74) is 1.43. The molecule has 0 N–H and O–H groups in total. The number of aldehydes is 1. The molecule has 0 rings (SSSR count). The Balaban J connectivity index is 5.55. The lowest BCUT2D eigenvalue weighted by Gasteiger charge is -2.25. The van der Waals surface area contributed by atoms with Crippen LogP contribution in [0, 0.1) is 16.9 Å². The van der Waals surface area contributed by atoms with Crippen LogP contribution in [0.25, 0.3) is 0 Å². The van der Waals surface area contributed by atoms with Gasteiger partial charge in [0.15, 0.2) is 5.41 Å². The van der Waals surface area contributed by atoms with E-state index in [0.29, 0.717) is 6.29 Å². The van der Waals surface area contributed by atoms with Gasteiger partial charge in [-0.25, -0.2) is 0 Å². The molecule has 0 amide bonds. The van der Waals surface area contributed by atoms with Crippen LogP contribution in [0.3, 0.4) is 0 Å². The number of ether oxygens (including phenoxy) is 2. The van der Waals surface area contributed by atoms with Crippen molar-refractivity contribution < 1.29 is 23.9 Å². The zero-order valence-corrected chi connectivity index (χ0v) is 14.4. The molecule has 0 atom stereocenters. The third-order valence-electron chi connectivity index (χ3n) is 2.62. The molecule has 0 aromatic carbocycles. The molecule has 0 aliphatic heterocycles. The maximum Gasteiger partial charge on any atom is 0.324 e. The summed E-state index contributed by atoms with van der Waals surface area (Å²) in [6, 6.07) is 0. The molecule has 6 heteroatoms. The van der Waals surface area contributed by atoms with Gasteiger partial charge in [0.1, 0.15) is 14.4 Å². The average molecular weight is 312 g/mol. The summed E-state index contributed by atoms with van der Waals surface area (Å²) < 4.78 is 9.91. The highest BCUT2D eigenvalue weighted by molar-refractivity contribution is 6.83. The summed E-state index contributed by atoms with van der Waals surface area (Å²) >= 11 is 0. The quantitative estimate of drug-likeness (QED) is 0.236. The van der Waals surface area contributed by atoms with Crippen molar-refractivity contribution in [1.82, 2.24) is 0 Å². The molecule has 0 fully saturated rings. The molecule has 0 aromatic heterocycles. The van der Waals surface area contributed by atoms with E-state index in [1.165, 1.54) is 0 Å². The van der Waals surface area contributed by atoms with Crippen molar-refractivity contribution in [1.29, 1.82) is 0 Å². The van der Waals surface area contributed by atoms with Gasteiger partial charge in [-0.2, -0.15) is 0 Å². The second kappa shape index (κ2) is 8.62. The van der Waals surface area contributed by atoms with Crippen LogP contribution < -0.4 is 0 Å². The van der Waals surface area contributed by atoms with E-state index < -0.39 is 25.4 Å². The smallest absolute Gasteiger partial charge is 0.324 e. The minimum Gasteiger partial charge on any atom is -0.465 e. The van der Waals surface area contributed by atoms with Gasteiger partial charge in [-0.15, -0.1) is 11.5 Å². The largest absolute Gasteiger partial charge is 0.465 e. The van der Waals surface area contributed by atoms with Gasteiger partial charge in [-0.3, -0.25) is 9.59 Å². The molecule has 0 radical (unpaired) electrons. The fourth-order valence-corrected chi connectivity index (χ4v) is 2.23. The molecule has 118 valence electrons. The van der Waals surface area contributed by atoms with Crippen molar-refractivity contribution in [3.63, 3.8) is 0 Å². The maximum atomic E-state index is 12.2. The fraction of sp³-hybridized carbons (Fsp3) is 0.667. The van der Waals surface area contributed by atoms with Crippen LogP contribution >= 0.6 is 0 Å². The summed E-state index contributed by atoms with van der Waals surface area (Å²) in [6.45, 7) is 9.69. The lowest BCUT2D eigenvalue weighted by atomic mass is 9.82. The van der Waals surface area contributed by atoms with Gasteiger partial charge in [-0.05, 0) is 13.8 Å². The normalized spacial score (nSPS) is 11.1. The molecule has 0 aliphatic rings. The Morgan fingerprint density at radius 1 is 1.10 bits per heavy atom. The summed E-state index contributed by atoms with van der Waals surface area (Å²) in [5, 5.41) is 0. The number of carbonyl (C=O) groups excluding carboxylic acids is 3. The Bertz CT molecular complexity index is 421. The maximum absolute atomic E-state index is 12.2. The minimum atomic E-state index is -1.65. The minimum absolute atomic E-state index is 0.0618. The highest BCUT2D eigenvalue weighted by Crippen LogP contribution is 2.29. The Labute approximate surface area is 127 Å². The molecular formula is C15H24O5Si. The van der Waals surface area contributed by atoms with E-state index in [9.17, 15) is 14.4 Å². The van der Waals surface area contributed by atoms with Gasteiger partial charge in [0.05, 0.1) is 13.2 Å². The van der Waals surface area contributed by atoms with Gasteiger partial charge >= 0.3 is 11.9 Å². The Morgan fingerprint density at radius 3 is 1.90 bits per heavy atom. The third kappa shape index (κ3) is 6.13. The van der Waals surface area contributed by atoms with Gasteiger partial charge < -0.3 is 14.3 Å². The van der Waals surface area contributed by atoms with E-state index in [-0.39, 0.29) is 26.1 Å². The second-order valence-corrected chi connectivity index (χ2v) is 10.4. The van der Waals surface area contributed by atoms with Crippen molar-refractivity contribution in [2.45, 2.75) is 46.3 Å². The van der Waals surface area contributed by atoms with E-state index in [2.05, 4.69) is 31.1 Å². The first-order valence-electron chi connectivity index (χ1n) is 7.01. The molecule has 21 heavy (non-hydrogen) atoms. The van der Waals surface area contributed by atoms with E-state index in [1.807, 2.05) is 0 Å². The SMILES string of the molecule is CCOC(=O)C(CC#C[Si](C)(C)C)(CC=O)C(=O)OCC. The lowest BCUT2D eigenvalue weighted by molar-refractivity contribution is -0.172. The number of rotatable bonds is 7. The van der Waals surface area contributed by atoms with Gasteiger partial charge in [0, 0.05) is 12.8 Å². The van der Waals surface area contributed by atoms with E-state index in [0.717, 1.165) is 0 Å². The first-order valence-corrected chi connectivity index (χ1v) is 10.5. The van der Waals surface area contributed by atoms with Gasteiger partial charge in [-0.1, -0.05) is 19.6 Å². The summed E-state index contributed by atoms with van der Waals surface area (Å²) in [7, 11) is -1.64. The number of hydrogen-bond acceptors (Lipinski definition) is 5. The highest BCUT2D eigenvalue weighted by atomic mass is 28.3. The predicted molar refractivity (Wildman–Crippen MR) is 82.1 cm³/mol. The number of esters is 2. The van der Waals surface area contributed by atoms with Gasteiger partial charge in [0.25, 0.3) is 0 Å². The Kier molecular flexibility index (Phi) is 7.96. The number of carbonyl (C=O) groups is 3. The van der Waals surface area contributed by atoms with Crippen LogP contribution in [0.2, 0.25) is 19.6 Å². The number of hydrogen-bond donors (Lipinski definition) is 0. The monoisotopic (exact) mass is 312 g/mol. The van der Waals surface area contributed by atoms with Gasteiger partial charge in [0.2, 0.25) is 0 Å². The van der Waals surface area contributed by atoms with Crippen LogP contribution in [0.4, 0.5) is 0 Å². The zero-order valence-electron chi connectivity index (χ0n) is 13.4. The topological polar surface area (TPSA) is 69.7 Å². The molecular weight excluding hydrogens is 288 g/mol. The highest BCUT2D eigenvalue weighted by Gasteiger charge is 2.48. The van der Waals surface area contributed by atoms with Crippen LogP contribution in [0.15, 0.2) is 0 Å². The molecule has 0 aromatic rings. The first kappa shape index (κ1) is 19.4. The summed E-state index contributed by atoms with van der Waals surface area (Å²) in [6.07, 6.45) is 0.183. The molecule has 0 saturated carbocycles. The molecule has 0 heterocycles. The van der Waals surface area contributed by atoms with E-state index >= 15 is 0 Å². The Morgan fingerprint density at radius 2 is 1.57 bits per heavy atom. The summed E-state index contributed by atoms with van der Waals surface area (Å²) in [4.78, 5) is 35.3. The summed E-state index contributed by atoms with van der Waals surface area (Å²) in [5.74, 6) is 1.38. The van der Waals surface area contributed by atoms with Crippen molar-refractivity contribution in [2.75, 3.05) is 13.2 Å². The van der Waals surface area contributed by atoms with E-state index in [4.69, 9.17) is 9.47 Å². The third-order valence-corrected chi connectivity index (χ3v) is 3.54. The molecule has 0 bridgehead atoms. The lowest BCUT2D eigenvalue weighted by Crippen LogP contribution is -2.42. The zero-order chi connectivity index (χ0) is 16.5. The average Bonchev–Trinajstić information content (AvgIpc) is 2.36. The van der Waals surface area contributed by atoms with Crippen LogP contribution in [0.5, 0.6) is 0 Å². The van der Waals surface area contributed by atoms with Crippen LogP contribution in [-0.4, -0.2) is 39.5 Å². The van der Waals surface area contributed by atoms with E-state index in [1.54, 1.807) is 13.8 Å². The molecule has 5 nitrogen and oxygen atoms in total. The molecule has 0 saturated heterocycles. The van der Waals surface area contributed by atoms with Crippen molar-refractivity contribution in [2.24, 2.45) is 5.41 Å². The first-order chi connectivity index (χ1) is 9.73. The van der Waals surface area contributed by atoms with Crippen molar-refractivity contribution in [3.05, 3.63) is 0 Å². The van der Waals surface area contributed by atoms with Crippen LogP contribution in [0.1, 0.15) is 26.7 Å². The van der Waals surface area contributed by atoms with Crippen molar-refractivity contribution >= 4 is 26.3 Å².